The topological polar surface area (TPSA) is 30.7 Å². The molecular weight excluding hydrogens is 246 g/mol. The van der Waals surface area contributed by atoms with Gasteiger partial charge in [-0.25, -0.2) is 0 Å². The third-order valence-corrected chi connectivity index (χ3v) is 3.46. The molecule has 0 aliphatic carbocycles. The van der Waals surface area contributed by atoms with Crippen LogP contribution in [0, 0.1) is 6.92 Å². The summed E-state index contributed by atoms with van der Waals surface area (Å²) in [6.45, 7) is 5.11. The van der Waals surface area contributed by atoms with Crippen LogP contribution in [0.3, 0.4) is 0 Å². The fourth-order valence-corrected chi connectivity index (χ4v) is 2.36. The molecule has 0 radical (unpaired) electrons. The van der Waals surface area contributed by atoms with Gasteiger partial charge in [-0.15, -0.1) is 21.8 Å². The highest BCUT2D eigenvalue weighted by Gasteiger charge is 2.09. The third kappa shape index (κ3) is 2.72. The van der Waals surface area contributed by atoms with Gasteiger partial charge in [0.25, 0.3) is 0 Å². The Hall–Kier alpha value is -1.35. The van der Waals surface area contributed by atoms with Crippen LogP contribution in [0.5, 0.6) is 0 Å². The van der Waals surface area contributed by atoms with E-state index in [2.05, 4.69) is 52.9 Å². The van der Waals surface area contributed by atoms with E-state index in [1.807, 2.05) is 0 Å². The number of hydrogen-bond acceptors (Lipinski definition) is 2. The average molecular weight is 264 g/mol. The fourth-order valence-electron chi connectivity index (χ4n) is 2.16. The van der Waals surface area contributed by atoms with Crippen molar-refractivity contribution in [2.45, 2.75) is 39.1 Å². The molecule has 3 nitrogen and oxygen atoms in total. The molecule has 2 aromatic rings. The first-order chi connectivity index (χ1) is 8.76. The first-order valence-corrected chi connectivity index (χ1v) is 6.81. The van der Waals surface area contributed by atoms with Crippen LogP contribution in [-0.4, -0.2) is 14.8 Å². The lowest BCUT2D eigenvalue weighted by Crippen LogP contribution is -2.06. The van der Waals surface area contributed by atoms with E-state index in [1.54, 1.807) is 0 Å². The molecule has 0 fully saturated rings. The van der Waals surface area contributed by atoms with Crippen molar-refractivity contribution < 1.29 is 0 Å². The zero-order chi connectivity index (χ0) is 13.0. The van der Waals surface area contributed by atoms with Crippen molar-refractivity contribution in [2.75, 3.05) is 0 Å². The lowest BCUT2D eigenvalue weighted by molar-refractivity contribution is 0.668. The van der Waals surface area contributed by atoms with Gasteiger partial charge in [-0.1, -0.05) is 24.3 Å². The van der Waals surface area contributed by atoms with Crippen molar-refractivity contribution in [2.24, 2.45) is 0 Å². The maximum atomic E-state index is 5.84. The summed E-state index contributed by atoms with van der Waals surface area (Å²) in [6, 6.07) is 8.46. The maximum Gasteiger partial charge on any atom is 0.147 e. The Morgan fingerprint density at radius 1 is 1.11 bits per heavy atom. The molecule has 0 atom stereocenters. The van der Waals surface area contributed by atoms with Crippen molar-refractivity contribution in [1.29, 1.82) is 0 Å². The van der Waals surface area contributed by atoms with Crippen molar-refractivity contribution in [3.05, 3.63) is 47.0 Å². The zero-order valence-corrected chi connectivity index (χ0v) is 11.6. The highest BCUT2D eigenvalue weighted by Crippen LogP contribution is 2.12. The molecule has 0 unspecified atom stereocenters. The van der Waals surface area contributed by atoms with Gasteiger partial charge in [0.05, 0.1) is 5.88 Å². The van der Waals surface area contributed by atoms with Gasteiger partial charge in [0, 0.05) is 13.0 Å². The predicted octanol–water partition coefficient (Wildman–Crippen LogP) is 3.13. The first kappa shape index (κ1) is 13.1. The Balaban J connectivity index is 2.11. The van der Waals surface area contributed by atoms with Gasteiger partial charge in [-0.05, 0) is 31.4 Å². The number of alkyl halides is 1. The molecule has 0 N–H and O–H groups in total. The smallest absolute Gasteiger partial charge is 0.147 e. The minimum atomic E-state index is 0.422. The Kier molecular flexibility index (Phi) is 4.37. The number of aryl methyl sites for hydroxylation is 3. The minimum absolute atomic E-state index is 0.422. The monoisotopic (exact) mass is 263 g/mol. The Morgan fingerprint density at radius 3 is 2.50 bits per heavy atom. The molecule has 4 heteroatoms. The molecule has 0 bridgehead atoms. The fraction of sp³-hybridized carbons (Fsp3) is 0.429. The standard InChI is InChI=1S/C14H18ClN3/c1-3-18-13(16-17-14(18)10-15)9-8-12-7-5-4-6-11(12)2/h4-7H,3,8-10H2,1-2H3. The SMILES string of the molecule is CCn1c(CCl)nnc1CCc1ccccc1C. The molecule has 18 heavy (non-hydrogen) atoms. The van der Waals surface area contributed by atoms with E-state index in [0.29, 0.717) is 5.88 Å². The van der Waals surface area contributed by atoms with Crippen LogP contribution >= 0.6 is 11.6 Å². The van der Waals surface area contributed by atoms with E-state index in [1.165, 1.54) is 11.1 Å². The third-order valence-electron chi connectivity index (χ3n) is 3.22. The normalized spacial score (nSPS) is 10.8. The van der Waals surface area contributed by atoms with Crippen LogP contribution in [0.25, 0.3) is 0 Å². The summed E-state index contributed by atoms with van der Waals surface area (Å²) in [7, 11) is 0. The second kappa shape index (κ2) is 6.01. The molecule has 0 spiro atoms. The second-order valence-electron chi connectivity index (χ2n) is 4.34. The molecule has 96 valence electrons. The van der Waals surface area contributed by atoms with Gasteiger partial charge >= 0.3 is 0 Å². The zero-order valence-electron chi connectivity index (χ0n) is 10.9. The van der Waals surface area contributed by atoms with Crippen LogP contribution in [0.2, 0.25) is 0 Å². The molecule has 2 rings (SSSR count). The highest BCUT2D eigenvalue weighted by molar-refractivity contribution is 6.16. The molecule has 1 heterocycles. The van der Waals surface area contributed by atoms with E-state index in [9.17, 15) is 0 Å². The number of rotatable bonds is 5. The van der Waals surface area contributed by atoms with Gasteiger partial charge in [0.2, 0.25) is 0 Å². The van der Waals surface area contributed by atoms with Gasteiger partial charge < -0.3 is 4.57 Å². The van der Waals surface area contributed by atoms with Gasteiger partial charge in [0.1, 0.15) is 11.6 Å². The summed E-state index contributed by atoms with van der Waals surface area (Å²) in [4.78, 5) is 0. The molecular formula is C14H18ClN3. The lowest BCUT2D eigenvalue weighted by Gasteiger charge is -2.07. The Morgan fingerprint density at radius 2 is 1.83 bits per heavy atom. The van der Waals surface area contributed by atoms with Crippen LogP contribution in [0.1, 0.15) is 29.7 Å². The summed E-state index contributed by atoms with van der Waals surface area (Å²) >= 11 is 5.84. The molecule has 0 saturated heterocycles. The Labute approximate surface area is 113 Å². The van der Waals surface area contributed by atoms with Gasteiger partial charge in [-0.3, -0.25) is 0 Å². The van der Waals surface area contributed by atoms with E-state index < -0.39 is 0 Å². The van der Waals surface area contributed by atoms with E-state index in [-0.39, 0.29) is 0 Å². The summed E-state index contributed by atoms with van der Waals surface area (Å²) in [5.41, 5.74) is 2.70. The molecule has 1 aromatic carbocycles. The van der Waals surface area contributed by atoms with E-state index in [0.717, 1.165) is 31.0 Å². The van der Waals surface area contributed by atoms with Crippen molar-refractivity contribution in [1.82, 2.24) is 14.8 Å². The number of benzene rings is 1. The molecule has 1 aromatic heterocycles. The molecule has 0 aliphatic rings. The van der Waals surface area contributed by atoms with Crippen LogP contribution in [0.15, 0.2) is 24.3 Å². The summed E-state index contributed by atoms with van der Waals surface area (Å²) < 4.78 is 2.10. The molecule has 0 aliphatic heterocycles. The number of aromatic nitrogens is 3. The summed E-state index contributed by atoms with van der Waals surface area (Å²) in [5.74, 6) is 2.31. The van der Waals surface area contributed by atoms with Crippen LogP contribution in [0.4, 0.5) is 0 Å². The van der Waals surface area contributed by atoms with Crippen molar-refractivity contribution >= 4 is 11.6 Å². The van der Waals surface area contributed by atoms with Gasteiger partial charge in [0.15, 0.2) is 0 Å². The minimum Gasteiger partial charge on any atom is -0.314 e. The maximum absolute atomic E-state index is 5.84. The van der Waals surface area contributed by atoms with Gasteiger partial charge in [-0.2, -0.15) is 0 Å². The van der Waals surface area contributed by atoms with Crippen LogP contribution in [-0.2, 0) is 25.3 Å². The average Bonchev–Trinajstić information content (AvgIpc) is 2.79. The van der Waals surface area contributed by atoms with Crippen LogP contribution < -0.4 is 0 Å². The number of nitrogens with zero attached hydrogens (tertiary/aromatic N) is 3. The summed E-state index contributed by atoms with van der Waals surface area (Å²) in [5, 5.41) is 8.35. The number of halogens is 1. The van der Waals surface area contributed by atoms with Crippen molar-refractivity contribution in [3.8, 4) is 0 Å². The largest absolute Gasteiger partial charge is 0.314 e. The molecule has 0 amide bonds. The Bertz CT molecular complexity index is 520. The summed E-state index contributed by atoms with van der Waals surface area (Å²) in [6.07, 6.45) is 1.90. The van der Waals surface area contributed by atoms with E-state index in [4.69, 9.17) is 11.6 Å². The highest BCUT2D eigenvalue weighted by atomic mass is 35.5. The van der Waals surface area contributed by atoms with Crippen molar-refractivity contribution in [3.63, 3.8) is 0 Å². The second-order valence-corrected chi connectivity index (χ2v) is 4.60. The number of hydrogen-bond donors (Lipinski definition) is 0. The molecule has 0 saturated carbocycles. The lowest BCUT2D eigenvalue weighted by atomic mass is 10.0. The quantitative estimate of drug-likeness (QED) is 0.776. The predicted molar refractivity (Wildman–Crippen MR) is 73.8 cm³/mol. The first-order valence-electron chi connectivity index (χ1n) is 6.27. The van der Waals surface area contributed by atoms with E-state index >= 15 is 0 Å².